The lowest BCUT2D eigenvalue weighted by Crippen LogP contribution is -2.46. The maximum atomic E-state index is 12.4. The van der Waals surface area contributed by atoms with Crippen LogP contribution in [0.25, 0.3) is 0 Å². The first-order chi connectivity index (χ1) is 10.5. The van der Waals surface area contributed by atoms with Gasteiger partial charge >= 0.3 is 0 Å². The third kappa shape index (κ3) is 2.27. The molecule has 6 heteroatoms. The predicted octanol–water partition coefficient (Wildman–Crippen LogP) is 2.21. The van der Waals surface area contributed by atoms with Crippen LogP contribution < -0.4 is 5.43 Å². The fourth-order valence-corrected chi connectivity index (χ4v) is 4.12. The van der Waals surface area contributed by atoms with E-state index < -0.39 is 0 Å². The molecule has 0 bridgehead atoms. The normalized spacial score (nSPS) is 23.8. The Morgan fingerprint density at radius 1 is 1.27 bits per heavy atom. The highest BCUT2D eigenvalue weighted by Crippen LogP contribution is 2.34. The SMILES string of the molecule is CCc1c(C(=O)NN2C(=O)[C@H]3CC=CC[C@@H]3C2=O)csc1C. The quantitative estimate of drug-likeness (QED) is 0.686. The van der Waals surface area contributed by atoms with Gasteiger partial charge in [-0.1, -0.05) is 19.1 Å². The molecule has 1 N–H and O–H groups in total. The van der Waals surface area contributed by atoms with Gasteiger partial charge in [-0.2, -0.15) is 5.01 Å². The van der Waals surface area contributed by atoms with Crippen LogP contribution in [-0.4, -0.2) is 22.7 Å². The zero-order valence-corrected chi connectivity index (χ0v) is 13.4. The smallest absolute Gasteiger partial charge is 0.271 e. The number of hydrogen-bond donors (Lipinski definition) is 1. The van der Waals surface area contributed by atoms with Gasteiger partial charge in [0.1, 0.15) is 0 Å². The van der Waals surface area contributed by atoms with Gasteiger partial charge in [-0.05, 0) is 31.7 Å². The van der Waals surface area contributed by atoms with E-state index in [0.29, 0.717) is 18.4 Å². The Hall–Kier alpha value is -1.95. The van der Waals surface area contributed by atoms with Gasteiger partial charge in [-0.25, -0.2) is 0 Å². The summed E-state index contributed by atoms with van der Waals surface area (Å²) in [4.78, 5) is 38.2. The van der Waals surface area contributed by atoms with Crippen LogP contribution >= 0.6 is 11.3 Å². The highest BCUT2D eigenvalue weighted by molar-refractivity contribution is 7.10. The van der Waals surface area contributed by atoms with E-state index in [9.17, 15) is 14.4 Å². The molecule has 116 valence electrons. The number of hydrogen-bond acceptors (Lipinski definition) is 4. The molecular weight excluding hydrogens is 300 g/mol. The monoisotopic (exact) mass is 318 g/mol. The molecule has 3 rings (SSSR count). The summed E-state index contributed by atoms with van der Waals surface area (Å²) in [7, 11) is 0. The minimum atomic E-state index is -0.380. The number of thiophene rings is 1. The number of carbonyl (C=O) groups is 3. The van der Waals surface area contributed by atoms with Crippen LogP contribution in [0.15, 0.2) is 17.5 Å². The van der Waals surface area contributed by atoms with Gasteiger partial charge in [0.15, 0.2) is 0 Å². The molecule has 0 unspecified atom stereocenters. The molecule has 1 aromatic rings. The van der Waals surface area contributed by atoms with Crippen LogP contribution in [-0.2, 0) is 16.0 Å². The minimum Gasteiger partial charge on any atom is -0.272 e. The van der Waals surface area contributed by atoms with E-state index in [1.165, 1.54) is 11.3 Å². The lowest BCUT2D eigenvalue weighted by Gasteiger charge is -2.16. The Balaban J connectivity index is 1.80. The number of fused-ring (bicyclic) bond motifs is 1. The minimum absolute atomic E-state index is 0.294. The molecule has 1 saturated heterocycles. The first-order valence-electron chi connectivity index (χ1n) is 7.45. The van der Waals surface area contributed by atoms with E-state index in [1.807, 2.05) is 26.0 Å². The Labute approximate surface area is 133 Å². The summed E-state index contributed by atoms with van der Waals surface area (Å²) in [5.74, 6) is -1.62. The molecular formula is C16H18N2O3S. The summed E-state index contributed by atoms with van der Waals surface area (Å²) in [6, 6.07) is 0. The van der Waals surface area contributed by atoms with Crippen molar-refractivity contribution in [2.45, 2.75) is 33.1 Å². The van der Waals surface area contributed by atoms with Crippen molar-refractivity contribution in [2.24, 2.45) is 11.8 Å². The molecule has 0 spiro atoms. The summed E-state index contributed by atoms with van der Waals surface area (Å²) in [5.41, 5.74) is 4.04. The second-order valence-corrected chi connectivity index (χ2v) is 6.73. The van der Waals surface area contributed by atoms with Gasteiger partial charge in [0.2, 0.25) is 0 Å². The lowest BCUT2D eigenvalue weighted by molar-refractivity contribution is -0.142. The standard InChI is InChI=1S/C16H18N2O3S/c1-3-10-9(2)22-8-13(10)14(19)17-18-15(20)11-6-4-5-7-12(11)16(18)21/h4-5,8,11-12H,3,6-7H2,1-2H3,(H,17,19)/t11-,12-/m0/s1. The average Bonchev–Trinajstić information content (AvgIpc) is 3.01. The van der Waals surface area contributed by atoms with Crippen molar-refractivity contribution in [2.75, 3.05) is 0 Å². The number of imide groups is 1. The Morgan fingerprint density at radius 2 is 1.86 bits per heavy atom. The van der Waals surface area contributed by atoms with Crippen LogP contribution in [0.2, 0.25) is 0 Å². The second kappa shape index (κ2) is 5.68. The van der Waals surface area contributed by atoms with Crippen LogP contribution in [0.1, 0.15) is 40.6 Å². The highest BCUT2D eigenvalue weighted by Gasteiger charge is 2.48. The Bertz CT molecular complexity index is 651. The summed E-state index contributed by atoms with van der Waals surface area (Å²) >= 11 is 1.50. The van der Waals surface area contributed by atoms with Crippen molar-refractivity contribution in [1.82, 2.24) is 10.4 Å². The first kappa shape index (κ1) is 15.0. The van der Waals surface area contributed by atoms with Crippen LogP contribution in [0.3, 0.4) is 0 Å². The zero-order valence-electron chi connectivity index (χ0n) is 12.6. The van der Waals surface area contributed by atoms with E-state index in [-0.39, 0.29) is 29.6 Å². The fourth-order valence-electron chi connectivity index (χ4n) is 3.18. The van der Waals surface area contributed by atoms with Crippen molar-refractivity contribution in [3.8, 4) is 0 Å². The van der Waals surface area contributed by atoms with Gasteiger partial charge in [-0.15, -0.1) is 11.3 Å². The first-order valence-corrected chi connectivity index (χ1v) is 8.33. The van der Waals surface area contributed by atoms with E-state index in [0.717, 1.165) is 21.9 Å². The second-order valence-electron chi connectivity index (χ2n) is 5.65. The number of nitrogens with zero attached hydrogens (tertiary/aromatic N) is 1. The van der Waals surface area contributed by atoms with E-state index >= 15 is 0 Å². The Morgan fingerprint density at radius 3 is 2.41 bits per heavy atom. The van der Waals surface area contributed by atoms with Crippen LogP contribution in [0, 0.1) is 18.8 Å². The number of allylic oxidation sites excluding steroid dienone is 2. The van der Waals surface area contributed by atoms with E-state index in [1.54, 1.807) is 5.38 Å². The molecule has 2 atom stereocenters. The number of nitrogens with one attached hydrogen (secondary N) is 1. The van der Waals surface area contributed by atoms with Crippen LogP contribution in [0.4, 0.5) is 0 Å². The molecule has 22 heavy (non-hydrogen) atoms. The van der Waals surface area contributed by atoms with Gasteiger partial charge in [0.25, 0.3) is 17.7 Å². The van der Waals surface area contributed by atoms with Crippen molar-refractivity contribution in [3.05, 3.63) is 33.5 Å². The molecule has 5 nitrogen and oxygen atoms in total. The van der Waals surface area contributed by atoms with Crippen molar-refractivity contribution < 1.29 is 14.4 Å². The molecule has 2 aliphatic rings. The van der Waals surface area contributed by atoms with Crippen molar-refractivity contribution in [1.29, 1.82) is 0 Å². The number of rotatable bonds is 3. The molecule has 2 heterocycles. The van der Waals surface area contributed by atoms with Gasteiger partial charge < -0.3 is 0 Å². The van der Waals surface area contributed by atoms with Crippen LogP contribution in [0.5, 0.6) is 0 Å². The number of aryl methyl sites for hydroxylation is 1. The van der Waals surface area contributed by atoms with Crippen molar-refractivity contribution >= 4 is 29.1 Å². The number of carbonyl (C=O) groups excluding carboxylic acids is 3. The van der Waals surface area contributed by atoms with Crippen molar-refractivity contribution in [3.63, 3.8) is 0 Å². The molecule has 1 aromatic heterocycles. The van der Waals surface area contributed by atoms with Gasteiger partial charge in [0.05, 0.1) is 17.4 Å². The fraction of sp³-hybridized carbons (Fsp3) is 0.438. The predicted molar refractivity (Wildman–Crippen MR) is 83.1 cm³/mol. The Kier molecular flexibility index (Phi) is 3.87. The maximum absolute atomic E-state index is 12.4. The average molecular weight is 318 g/mol. The molecule has 1 fully saturated rings. The summed E-state index contributed by atoms with van der Waals surface area (Å²) in [6.07, 6.45) is 5.73. The molecule has 0 saturated carbocycles. The van der Waals surface area contributed by atoms with E-state index in [4.69, 9.17) is 0 Å². The summed E-state index contributed by atoms with van der Waals surface area (Å²) in [5, 5.41) is 2.71. The molecule has 1 aliphatic carbocycles. The third-order valence-corrected chi connectivity index (χ3v) is 5.38. The van der Waals surface area contributed by atoms with Gasteiger partial charge in [-0.3, -0.25) is 19.8 Å². The molecule has 3 amide bonds. The van der Waals surface area contributed by atoms with E-state index in [2.05, 4.69) is 5.43 Å². The highest BCUT2D eigenvalue weighted by atomic mass is 32.1. The zero-order chi connectivity index (χ0) is 15.9. The molecule has 0 radical (unpaired) electrons. The molecule has 1 aliphatic heterocycles. The largest absolute Gasteiger partial charge is 0.272 e. The summed E-state index contributed by atoms with van der Waals surface area (Å²) < 4.78 is 0. The summed E-state index contributed by atoms with van der Waals surface area (Å²) in [6.45, 7) is 3.95. The topological polar surface area (TPSA) is 66.5 Å². The number of hydrazine groups is 1. The van der Waals surface area contributed by atoms with Gasteiger partial charge in [0, 0.05) is 10.3 Å². The number of amides is 3. The third-order valence-electron chi connectivity index (χ3n) is 4.42. The lowest BCUT2D eigenvalue weighted by atomic mass is 9.85. The maximum Gasteiger partial charge on any atom is 0.271 e. The molecule has 0 aromatic carbocycles.